The van der Waals surface area contributed by atoms with Crippen LogP contribution in [0, 0.1) is 26.2 Å². The molecule has 8 nitrogen and oxygen atoms in total. The van der Waals surface area contributed by atoms with E-state index in [0.717, 1.165) is 11.4 Å². The molecule has 0 saturated carbocycles. The zero-order valence-electron chi connectivity index (χ0n) is 15.0. The van der Waals surface area contributed by atoms with Crippen LogP contribution in [0.15, 0.2) is 29.6 Å². The Balaban J connectivity index is 1.92. The Morgan fingerprint density at radius 3 is 2.81 bits per heavy atom. The van der Waals surface area contributed by atoms with Gasteiger partial charge in [0.15, 0.2) is 11.5 Å². The largest absolute Gasteiger partial charge is 0.493 e. The van der Waals surface area contributed by atoms with Crippen molar-refractivity contribution in [2.24, 2.45) is 5.10 Å². The van der Waals surface area contributed by atoms with E-state index >= 15 is 0 Å². The summed E-state index contributed by atoms with van der Waals surface area (Å²) in [5, 5.41) is 17.1. The smallest absolute Gasteiger partial charge is 0.273 e. The van der Waals surface area contributed by atoms with Gasteiger partial charge in [-0.05, 0) is 37.6 Å². The Hall–Kier alpha value is -3.31. The highest BCUT2D eigenvalue weighted by atomic mass is 35.5. The lowest BCUT2D eigenvalue weighted by molar-refractivity contribution is 0.331. The van der Waals surface area contributed by atoms with Crippen molar-refractivity contribution in [1.29, 1.82) is 0 Å². The molecule has 0 spiro atoms. The van der Waals surface area contributed by atoms with E-state index in [1.54, 1.807) is 23.0 Å². The fourth-order valence-corrected chi connectivity index (χ4v) is 2.75. The Morgan fingerprint density at radius 1 is 1.33 bits per heavy atom. The fraction of sp³-hybridized carbons (Fsp3) is 0.222. The Kier molecular flexibility index (Phi) is 5.43. The molecule has 2 aromatic heterocycles. The molecule has 0 N–H and O–H groups in total. The minimum atomic E-state index is 0.0935. The van der Waals surface area contributed by atoms with Crippen molar-refractivity contribution in [2.45, 2.75) is 13.8 Å². The molecular formula is C18H17ClN6O2. The van der Waals surface area contributed by atoms with Crippen LogP contribution in [-0.2, 0) is 0 Å². The van der Waals surface area contributed by atoms with Crippen molar-refractivity contribution in [2.75, 3.05) is 13.7 Å². The summed E-state index contributed by atoms with van der Waals surface area (Å²) < 4.78 is 13.9. The molecule has 0 fully saturated rings. The summed E-state index contributed by atoms with van der Waals surface area (Å²) in [6, 6.07) is 5.39. The summed E-state index contributed by atoms with van der Waals surface area (Å²) in [5.74, 6) is 3.72. The Labute approximate surface area is 161 Å². The molecule has 138 valence electrons. The highest BCUT2D eigenvalue weighted by molar-refractivity contribution is 6.32. The number of hydrogen-bond acceptors (Lipinski definition) is 6. The number of methoxy groups -OCH3 is 1. The van der Waals surface area contributed by atoms with Crippen LogP contribution in [0.3, 0.4) is 0 Å². The van der Waals surface area contributed by atoms with Crippen molar-refractivity contribution in [3.05, 3.63) is 46.5 Å². The second-order valence-electron chi connectivity index (χ2n) is 5.59. The monoisotopic (exact) mass is 384 g/mol. The zero-order valence-corrected chi connectivity index (χ0v) is 15.8. The predicted molar refractivity (Wildman–Crippen MR) is 102 cm³/mol. The minimum Gasteiger partial charge on any atom is -0.493 e. The van der Waals surface area contributed by atoms with Crippen molar-refractivity contribution in [3.63, 3.8) is 0 Å². The van der Waals surface area contributed by atoms with Crippen LogP contribution >= 0.6 is 11.6 Å². The number of aromatic nitrogens is 5. The van der Waals surface area contributed by atoms with Gasteiger partial charge in [-0.1, -0.05) is 17.5 Å². The summed E-state index contributed by atoms with van der Waals surface area (Å²) in [6.45, 7) is 3.93. The second kappa shape index (κ2) is 7.93. The average Bonchev–Trinajstić information content (AvgIpc) is 3.23. The maximum Gasteiger partial charge on any atom is 0.273 e. The molecule has 0 saturated heterocycles. The van der Waals surface area contributed by atoms with E-state index in [9.17, 15) is 0 Å². The van der Waals surface area contributed by atoms with Gasteiger partial charge in [-0.15, -0.1) is 16.6 Å². The van der Waals surface area contributed by atoms with Gasteiger partial charge in [-0.2, -0.15) is 14.9 Å². The van der Waals surface area contributed by atoms with Crippen molar-refractivity contribution < 1.29 is 9.47 Å². The van der Waals surface area contributed by atoms with Crippen molar-refractivity contribution in [3.8, 4) is 29.8 Å². The molecule has 27 heavy (non-hydrogen) atoms. The van der Waals surface area contributed by atoms with E-state index in [2.05, 4.69) is 26.3 Å². The molecule has 0 amide bonds. The summed E-state index contributed by atoms with van der Waals surface area (Å²) in [5.41, 5.74) is 2.51. The molecule has 0 aliphatic heterocycles. The first kappa shape index (κ1) is 18.5. The number of ether oxygens (including phenoxy) is 2. The number of aryl methyl sites for hydroxylation is 2. The number of halogens is 1. The van der Waals surface area contributed by atoms with Crippen LogP contribution in [0.25, 0.3) is 5.95 Å². The van der Waals surface area contributed by atoms with Crippen molar-refractivity contribution in [1.82, 2.24) is 24.7 Å². The Bertz CT molecular complexity index is 1030. The van der Waals surface area contributed by atoms with E-state index in [1.807, 2.05) is 19.9 Å². The maximum absolute atomic E-state index is 6.28. The highest BCUT2D eigenvalue weighted by Crippen LogP contribution is 2.36. The lowest BCUT2D eigenvalue weighted by Crippen LogP contribution is -2.06. The summed E-state index contributed by atoms with van der Waals surface area (Å²) in [7, 11) is 1.52. The molecular weight excluding hydrogens is 368 g/mol. The zero-order chi connectivity index (χ0) is 19.4. The van der Waals surface area contributed by atoms with E-state index < -0.39 is 0 Å². The van der Waals surface area contributed by atoms with Gasteiger partial charge in [0.1, 0.15) is 12.9 Å². The fourth-order valence-electron chi connectivity index (χ4n) is 2.47. The molecule has 0 aliphatic rings. The third-order valence-corrected chi connectivity index (χ3v) is 3.88. The molecule has 0 radical (unpaired) electrons. The van der Waals surface area contributed by atoms with Gasteiger partial charge in [0.05, 0.1) is 24.0 Å². The van der Waals surface area contributed by atoms with Gasteiger partial charge < -0.3 is 9.47 Å². The molecule has 0 atom stereocenters. The van der Waals surface area contributed by atoms with Crippen LogP contribution in [-0.4, -0.2) is 44.6 Å². The van der Waals surface area contributed by atoms with Gasteiger partial charge in [-0.25, -0.2) is 4.68 Å². The van der Waals surface area contributed by atoms with Gasteiger partial charge in [0, 0.05) is 5.69 Å². The quantitative estimate of drug-likeness (QED) is 0.482. The van der Waals surface area contributed by atoms with E-state index in [4.69, 9.17) is 27.5 Å². The number of benzene rings is 1. The summed E-state index contributed by atoms with van der Waals surface area (Å²) >= 11 is 6.28. The maximum atomic E-state index is 6.28. The lowest BCUT2D eigenvalue weighted by atomic mass is 10.2. The summed E-state index contributed by atoms with van der Waals surface area (Å²) in [4.78, 5) is 0. The van der Waals surface area contributed by atoms with Crippen LogP contribution in [0.2, 0.25) is 5.02 Å². The number of nitrogens with zero attached hydrogens (tertiary/aromatic N) is 6. The lowest BCUT2D eigenvalue weighted by Gasteiger charge is -2.11. The molecule has 3 rings (SSSR count). The van der Waals surface area contributed by atoms with Gasteiger partial charge in [0.25, 0.3) is 5.95 Å². The van der Waals surface area contributed by atoms with Crippen molar-refractivity contribution >= 4 is 17.8 Å². The molecule has 1 aromatic carbocycles. The van der Waals surface area contributed by atoms with E-state index in [0.29, 0.717) is 28.0 Å². The standard InChI is InChI=1S/C18H17ClN6O2/c1-5-6-27-17-15(19)8-14(9-16(17)26-4)10-21-24-11-20-22-18(24)25-13(3)7-12(2)23-25/h1,7-11H,6H2,2-4H3/b21-10-. The summed E-state index contributed by atoms with van der Waals surface area (Å²) in [6.07, 6.45) is 8.32. The molecule has 0 bridgehead atoms. The molecule has 2 heterocycles. The molecule has 9 heteroatoms. The van der Waals surface area contributed by atoms with Gasteiger partial charge >= 0.3 is 0 Å². The van der Waals surface area contributed by atoms with E-state index in [1.165, 1.54) is 18.1 Å². The normalized spacial score (nSPS) is 10.9. The van der Waals surface area contributed by atoms with E-state index in [-0.39, 0.29) is 6.61 Å². The topological polar surface area (TPSA) is 79.4 Å². The van der Waals surface area contributed by atoms with Gasteiger partial charge in [-0.3, -0.25) is 0 Å². The first-order valence-corrected chi connectivity index (χ1v) is 8.33. The first-order chi connectivity index (χ1) is 13.0. The number of rotatable bonds is 6. The number of terminal acetylenes is 1. The average molecular weight is 385 g/mol. The Morgan fingerprint density at radius 2 is 2.15 bits per heavy atom. The molecule has 0 aliphatic carbocycles. The molecule has 3 aromatic rings. The van der Waals surface area contributed by atoms with Crippen LogP contribution in [0.1, 0.15) is 17.0 Å². The number of hydrogen-bond donors (Lipinski definition) is 0. The predicted octanol–water partition coefficient (Wildman–Crippen LogP) is 2.64. The van der Waals surface area contributed by atoms with Crippen LogP contribution < -0.4 is 9.47 Å². The minimum absolute atomic E-state index is 0.0935. The SMILES string of the molecule is C#CCOc1c(Cl)cc(/C=N\n2cnnc2-n2nc(C)cc2C)cc1OC. The third-order valence-electron chi connectivity index (χ3n) is 3.59. The van der Waals surface area contributed by atoms with Crippen LogP contribution in [0.4, 0.5) is 0 Å². The second-order valence-corrected chi connectivity index (χ2v) is 5.99. The molecule has 0 unspecified atom stereocenters. The van der Waals surface area contributed by atoms with Gasteiger partial charge in [0.2, 0.25) is 0 Å². The first-order valence-electron chi connectivity index (χ1n) is 7.95. The highest BCUT2D eigenvalue weighted by Gasteiger charge is 2.13. The third kappa shape index (κ3) is 3.93. The van der Waals surface area contributed by atoms with Crippen LogP contribution in [0.5, 0.6) is 11.5 Å².